The largest absolute Gasteiger partial charge is 0.486 e. The van der Waals surface area contributed by atoms with Crippen molar-refractivity contribution in [1.82, 2.24) is 5.32 Å². The lowest BCUT2D eigenvalue weighted by atomic mass is 10.2. The van der Waals surface area contributed by atoms with Gasteiger partial charge in [-0.15, -0.1) is 0 Å². The number of anilines is 1. The second-order valence-electron chi connectivity index (χ2n) is 5.88. The summed E-state index contributed by atoms with van der Waals surface area (Å²) in [5, 5.41) is 2.81. The fraction of sp³-hybridized carbons (Fsp3) is 0.562. The van der Waals surface area contributed by atoms with Gasteiger partial charge in [-0.3, -0.25) is 9.10 Å². The molecule has 0 unspecified atom stereocenters. The Morgan fingerprint density at radius 2 is 1.88 bits per heavy atom. The first-order valence-electron chi connectivity index (χ1n) is 7.93. The first-order valence-corrected chi connectivity index (χ1v) is 9.78. The molecular weight excluding hydrogens is 332 g/mol. The van der Waals surface area contributed by atoms with E-state index in [4.69, 9.17) is 9.47 Å². The summed E-state index contributed by atoms with van der Waals surface area (Å²) in [6.07, 6.45) is 1.85. The number of carbonyl (C=O) groups excluding carboxylic acids is 1. The van der Waals surface area contributed by atoms with Gasteiger partial charge in [0, 0.05) is 12.1 Å². The van der Waals surface area contributed by atoms with Crippen LogP contribution in [0.3, 0.4) is 0 Å². The number of nitrogens with zero attached hydrogens (tertiary/aromatic N) is 1. The van der Waals surface area contributed by atoms with Crippen molar-refractivity contribution in [3.05, 3.63) is 18.2 Å². The SMILES string of the molecule is CC[C@H](C)NC(=O)[C@H](C)N(c1ccc2c(c1)OCCO2)S(C)(=O)=O. The quantitative estimate of drug-likeness (QED) is 0.835. The van der Waals surface area contributed by atoms with Gasteiger partial charge in [0.15, 0.2) is 11.5 Å². The third-order valence-corrected chi connectivity index (χ3v) is 5.11. The Kier molecular flexibility index (Phi) is 5.58. The number of benzene rings is 1. The summed E-state index contributed by atoms with van der Waals surface area (Å²) < 4.78 is 36.6. The van der Waals surface area contributed by atoms with Crippen molar-refractivity contribution in [2.45, 2.75) is 39.3 Å². The summed E-state index contributed by atoms with van der Waals surface area (Å²) in [5.74, 6) is 0.696. The van der Waals surface area contributed by atoms with Crippen LogP contribution in [0, 0.1) is 0 Å². The van der Waals surface area contributed by atoms with E-state index >= 15 is 0 Å². The zero-order valence-corrected chi connectivity index (χ0v) is 15.2. The van der Waals surface area contributed by atoms with Crippen molar-refractivity contribution in [2.75, 3.05) is 23.8 Å². The highest BCUT2D eigenvalue weighted by Gasteiger charge is 2.30. The zero-order chi connectivity index (χ0) is 17.9. The summed E-state index contributed by atoms with van der Waals surface area (Å²) in [6.45, 7) is 6.25. The minimum absolute atomic E-state index is 0.0263. The molecule has 0 aromatic heterocycles. The summed E-state index contributed by atoms with van der Waals surface area (Å²) in [7, 11) is -3.66. The first kappa shape index (κ1) is 18.4. The molecule has 0 saturated carbocycles. The minimum atomic E-state index is -3.66. The Bertz CT molecular complexity index is 704. The molecule has 0 saturated heterocycles. The topological polar surface area (TPSA) is 84.9 Å². The number of carbonyl (C=O) groups is 1. The first-order chi connectivity index (χ1) is 11.2. The summed E-state index contributed by atoms with van der Waals surface area (Å²) in [4.78, 5) is 12.4. The average molecular weight is 356 g/mol. The fourth-order valence-corrected chi connectivity index (χ4v) is 3.61. The van der Waals surface area contributed by atoms with E-state index in [1.165, 1.54) is 0 Å². The third kappa shape index (κ3) is 4.11. The Hall–Kier alpha value is -1.96. The zero-order valence-electron chi connectivity index (χ0n) is 14.4. The number of fused-ring (bicyclic) bond motifs is 1. The van der Waals surface area contributed by atoms with E-state index in [1.54, 1.807) is 25.1 Å². The van der Waals surface area contributed by atoms with E-state index in [2.05, 4.69) is 5.32 Å². The van der Waals surface area contributed by atoms with Crippen molar-refractivity contribution in [3.8, 4) is 11.5 Å². The molecule has 0 radical (unpaired) electrons. The lowest BCUT2D eigenvalue weighted by molar-refractivity contribution is -0.122. The summed E-state index contributed by atoms with van der Waals surface area (Å²) in [6, 6.07) is 3.95. The monoisotopic (exact) mass is 356 g/mol. The number of nitrogens with one attached hydrogen (secondary N) is 1. The number of ether oxygens (including phenoxy) is 2. The smallest absolute Gasteiger partial charge is 0.243 e. The Labute approximate surface area is 143 Å². The highest BCUT2D eigenvalue weighted by Crippen LogP contribution is 2.35. The second-order valence-corrected chi connectivity index (χ2v) is 7.74. The lowest BCUT2D eigenvalue weighted by Crippen LogP contribution is -2.49. The maximum atomic E-state index is 12.4. The van der Waals surface area contributed by atoms with Crippen LogP contribution in [0.2, 0.25) is 0 Å². The maximum absolute atomic E-state index is 12.4. The van der Waals surface area contributed by atoms with Gasteiger partial charge in [-0.2, -0.15) is 0 Å². The molecule has 1 aliphatic rings. The second kappa shape index (κ2) is 7.29. The molecule has 1 N–H and O–H groups in total. The van der Waals surface area contributed by atoms with E-state index < -0.39 is 16.1 Å². The van der Waals surface area contributed by atoms with E-state index in [-0.39, 0.29) is 11.9 Å². The third-order valence-electron chi connectivity index (χ3n) is 3.87. The molecule has 24 heavy (non-hydrogen) atoms. The summed E-state index contributed by atoms with van der Waals surface area (Å²) >= 11 is 0. The van der Waals surface area contributed by atoms with Crippen LogP contribution in [-0.4, -0.2) is 45.9 Å². The van der Waals surface area contributed by atoms with Crippen molar-refractivity contribution < 1.29 is 22.7 Å². The highest BCUT2D eigenvalue weighted by molar-refractivity contribution is 7.92. The van der Waals surface area contributed by atoms with Crippen LogP contribution in [0.1, 0.15) is 27.2 Å². The van der Waals surface area contributed by atoms with E-state index in [0.29, 0.717) is 30.4 Å². The molecule has 0 spiro atoms. The van der Waals surface area contributed by atoms with Gasteiger partial charge >= 0.3 is 0 Å². The number of hydrogen-bond acceptors (Lipinski definition) is 5. The minimum Gasteiger partial charge on any atom is -0.486 e. The van der Waals surface area contributed by atoms with Gasteiger partial charge in [-0.1, -0.05) is 6.92 Å². The Balaban J connectivity index is 2.34. The van der Waals surface area contributed by atoms with E-state index in [0.717, 1.165) is 17.0 Å². The standard InChI is InChI=1S/C16H24N2O5S/c1-5-11(2)17-16(19)12(3)18(24(4,20)21)13-6-7-14-15(10-13)23-9-8-22-14/h6-7,10-12H,5,8-9H2,1-4H3,(H,17,19)/t11-,12-/m0/s1. The van der Waals surface area contributed by atoms with Crippen LogP contribution in [0.15, 0.2) is 18.2 Å². The van der Waals surface area contributed by atoms with E-state index in [9.17, 15) is 13.2 Å². The van der Waals surface area contributed by atoms with Crippen LogP contribution >= 0.6 is 0 Å². The molecule has 1 aliphatic heterocycles. The molecule has 1 amide bonds. The molecular formula is C16H24N2O5S. The van der Waals surface area contributed by atoms with Gasteiger partial charge in [0.2, 0.25) is 15.9 Å². The van der Waals surface area contributed by atoms with Gasteiger partial charge in [0.25, 0.3) is 0 Å². The summed E-state index contributed by atoms with van der Waals surface area (Å²) in [5.41, 5.74) is 0.369. The van der Waals surface area contributed by atoms with Crippen LogP contribution < -0.4 is 19.1 Å². The molecule has 2 rings (SSSR count). The molecule has 1 aromatic carbocycles. The van der Waals surface area contributed by atoms with Gasteiger partial charge < -0.3 is 14.8 Å². The maximum Gasteiger partial charge on any atom is 0.243 e. The molecule has 8 heteroatoms. The van der Waals surface area contributed by atoms with Crippen LogP contribution in [0.4, 0.5) is 5.69 Å². The number of sulfonamides is 1. The predicted molar refractivity (Wildman–Crippen MR) is 92.1 cm³/mol. The van der Waals surface area contributed by atoms with Crippen molar-refractivity contribution in [1.29, 1.82) is 0 Å². The lowest BCUT2D eigenvalue weighted by Gasteiger charge is -2.30. The van der Waals surface area contributed by atoms with Crippen LogP contribution in [0.5, 0.6) is 11.5 Å². The molecule has 1 aromatic rings. The predicted octanol–water partition coefficient (Wildman–Crippen LogP) is 1.53. The van der Waals surface area contributed by atoms with Gasteiger partial charge in [-0.05, 0) is 32.4 Å². The van der Waals surface area contributed by atoms with Crippen molar-refractivity contribution in [2.24, 2.45) is 0 Å². The fourth-order valence-electron chi connectivity index (χ4n) is 2.44. The molecule has 0 bridgehead atoms. The van der Waals surface area contributed by atoms with Crippen LogP contribution in [0.25, 0.3) is 0 Å². The average Bonchev–Trinajstić information content (AvgIpc) is 2.53. The molecule has 134 valence electrons. The molecule has 0 aliphatic carbocycles. The van der Waals surface area contributed by atoms with Crippen LogP contribution in [-0.2, 0) is 14.8 Å². The van der Waals surface area contributed by atoms with Gasteiger partial charge in [0.05, 0.1) is 11.9 Å². The van der Waals surface area contributed by atoms with Gasteiger partial charge in [-0.25, -0.2) is 8.42 Å². The van der Waals surface area contributed by atoms with Gasteiger partial charge in [0.1, 0.15) is 19.3 Å². The Morgan fingerprint density at radius 1 is 1.25 bits per heavy atom. The molecule has 2 atom stereocenters. The molecule has 7 nitrogen and oxygen atoms in total. The number of rotatable bonds is 6. The number of hydrogen-bond donors (Lipinski definition) is 1. The normalized spacial score (nSPS) is 16.2. The number of amides is 1. The van der Waals surface area contributed by atoms with E-state index in [1.807, 2.05) is 13.8 Å². The molecule has 0 fully saturated rings. The van der Waals surface area contributed by atoms with Crippen molar-refractivity contribution >= 4 is 21.6 Å². The highest BCUT2D eigenvalue weighted by atomic mass is 32.2. The Morgan fingerprint density at radius 3 is 2.46 bits per heavy atom. The van der Waals surface area contributed by atoms with Crippen molar-refractivity contribution in [3.63, 3.8) is 0 Å². The molecule has 1 heterocycles.